The van der Waals surface area contributed by atoms with Gasteiger partial charge in [-0.1, -0.05) is 6.92 Å². The van der Waals surface area contributed by atoms with E-state index in [0.717, 1.165) is 60.7 Å². The van der Waals surface area contributed by atoms with Crippen molar-refractivity contribution < 1.29 is 9.47 Å². The number of ether oxygens (including phenoxy) is 2. The molecule has 0 spiro atoms. The van der Waals surface area contributed by atoms with Gasteiger partial charge >= 0.3 is 0 Å². The van der Waals surface area contributed by atoms with Crippen LogP contribution in [-0.4, -0.2) is 70.5 Å². The third-order valence-electron chi connectivity index (χ3n) is 7.67. The van der Waals surface area contributed by atoms with Crippen LogP contribution in [0.2, 0.25) is 0 Å². The van der Waals surface area contributed by atoms with Crippen molar-refractivity contribution in [2.45, 2.75) is 38.8 Å². The largest absolute Gasteiger partial charge is 0.497 e. The molecule has 2 aromatic heterocycles. The summed E-state index contributed by atoms with van der Waals surface area (Å²) in [6, 6.07) is 15.3. The van der Waals surface area contributed by atoms with Crippen molar-refractivity contribution in [1.82, 2.24) is 30.1 Å². The van der Waals surface area contributed by atoms with E-state index < -0.39 is 6.04 Å². The second kappa shape index (κ2) is 10.4. The zero-order chi connectivity index (χ0) is 26.9. The molecule has 0 saturated carbocycles. The number of aromatic nitrogens is 5. The lowest BCUT2D eigenvalue weighted by molar-refractivity contribution is 0.186. The van der Waals surface area contributed by atoms with Gasteiger partial charge in [-0.3, -0.25) is 9.69 Å². The Kier molecular flexibility index (Phi) is 7.07. The fourth-order valence-electron chi connectivity index (χ4n) is 5.01. The minimum atomic E-state index is -0.409. The summed E-state index contributed by atoms with van der Waals surface area (Å²) in [4.78, 5) is 21.3. The van der Waals surface area contributed by atoms with Crippen LogP contribution in [0.15, 0.2) is 53.3 Å². The molecule has 1 N–H and O–H groups in total. The average molecular weight is 518 g/mol. The first-order chi connectivity index (χ1) is 18.3. The topological polar surface area (TPSA) is 101 Å². The van der Waals surface area contributed by atoms with Crippen LogP contribution in [-0.2, 0) is 5.54 Å². The molecule has 0 amide bonds. The van der Waals surface area contributed by atoms with E-state index in [0.29, 0.717) is 11.4 Å². The highest BCUT2D eigenvalue weighted by Crippen LogP contribution is 2.32. The van der Waals surface area contributed by atoms with Gasteiger partial charge in [0, 0.05) is 48.3 Å². The number of nitrogens with zero attached hydrogens (tertiary/aromatic N) is 6. The Bertz CT molecular complexity index is 1450. The molecule has 5 rings (SSSR count). The molecule has 0 unspecified atom stereocenters. The van der Waals surface area contributed by atoms with E-state index in [2.05, 4.69) is 63.2 Å². The van der Waals surface area contributed by atoms with Crippen LogP contribution in [0, 0.1) is 0 Å². The highest BCUT2D eigenvalue weighted by Gasteiger charge is 2.35. The zero-order valence-electron chi connectivity index (χ0n) is 22.6. The lowest BCUT2D eigenvalue weighted by atomic mass is 9.98. The van der Waals surface area contributed by atoms with Crippen LogP contribution in [0.1, 0.15) is 44.6 Å². The van der Waals surface area contributed by atoms with Gasteiger partial charge in [0.15, 0.2) is 5.82 Å². The highest BCUT2D eigenvalue weighted by molar-refractivity contribution is 5.80. The Hall–Kier alpha value is -3.92. The number of rotatable bonds is 8. The number of hydrogen-bond acceptors (Lipinski definition) is 8. The fraction of sp³-hybridized carbons (Fsp3) is 0.429. The SMILES string of the molecule is CCC(C)(C)n1nnnc1[C@H](c1cc2cc(OC)ccc2[nH]c1=O)N1CCN(c2ccc(OC)cc2)CC1. The van der Waals surface area contributed by atoms with Crippen molar-refractivity contribution in [3.05, 3.63) is 70.3 Å². The van der Waals surface area contributed by atoms with Crippen LogP contribution >= 0.6 is 0 Å². The van der Waals surface area contributed by atoms with Crippen LogP contribution in [0.25, 0.3) is 10.9 Å². The Labute approximate surface area is 222 Å². The van der Waals surface area contributed by atoms with Crippen molar-refractivity contribution in [3.8, 4) is 11.5 Å². The minimum Gasteiger partial charge on any atom is -0.497 e. The molecule has 200 valence electrons. The van der Waals surface area contributed by atoms with Gasteiger partial charge in [0.05, 0.1) is 19.8 Å². The Morgan fingerprint density at radius 1 is 0.974 bits per heavy atom. The van der Waals surface area contributed by atoms with E-state index in [4.69, 9.17) is 9.47 Å². The number of aromatic amines is 1. The molecule has 1 atom stereocenters. The van der Waals surface area contributed by atoms with Gasteiger partial charge in [0.1, 0.15) is 17.5 Å². The van der Waals surface area contributed by atoms with Crippen molar-refractivity contribution in [2.75, 3.05) is 45.3 Å². The van der Waals surface area contributed by atoms with Crippen LogP contribution < -0.4 is 19.9 Å². The summed E-state index contributed by atoms with van der Waals surface area (Å²) in [5, 5.41) is 13.8. The average Bonchev–Trinajstić information content (AvgIpc) is 3.44. The molecule has 1 aliphatic rings. The molecule has 10 nitrogen and oxygen atoms in total. The second-order valence-electron chi connectivity index (χ2n) is 10.2. The predicted octanol–water partition coefficient (Wildman–Crippen LogP) is 3.59. The Balaban J connectivity index is 1.54. The molecule has 1 fully saturated rings. The standard InChI is InChI=1S/C28H35N7O3/c1-6-28(2,3)35-26(30-31-32-35)25(23-18-19-17-22(38-5)11-12-24(19)29-27(23)36)34-15-13-33(14-16-34)20-7-9-21(37-4)10-8-20/h7-12,17-18,25H,6,13-16H2,1-5H3,(H,29,36)/t25-/m0/s1. The number of tetrazole rings is 1. The number of nitrogens with one attached hydrogen (secondary N) is 1. The summed E-state index contributed by atoms with van der Waals surface area (Å²) in [7, 11) is 3.31. The highest BCUT2D eigenvalue weighted by atomic mass is 16.5. The van der Waals surface area contributed by atoms with Gasteiger partial charge in [-0.15, -0.1) is 5.10 Å². The third-order valence-corrected chi connectivity index (χ3v) is 7.67. The zero-order valence-corrected chi connectivity index (χ0v) is 22.6. The van der Waals surface area contributed by atoms with E-state index >= 15 is 0 Å². The van der Waals surface area contributed by atoms with Crippen LogP contribution in [0.5, 0.6) is 11.5 Å². The predicted molar refractivity (Wildman–Crippen MR) is 147 cm³/mol. The summed E-state index contributed by atoms with van der Waals surface area (Å²) in [6.07, 6.45) is 0.842. The van der Waals surface area contributed by atoms with Crippen LogP contribution in [0.4, 0.5) is 5.69 Å². The maximum absolute atomic E-state index is 13.5. The Morgan fingerprint density at radius 2 is 1.66 bits per heavy atom. The molecule has 1 aliphatic heterocycles. The molecule has 2 aromatic carbocycles. The molecule has 0 radical (unpaired) electrons. The van der Waals surface area contributed by atoms with E-state index in [1.165, 1.54) is 0 Å². The number of hydrogen-bond donors (Lipinski definition) is 1. The van der Waals surface area contributed by atoms with Gasteiger partial charge in [0.2, 0.25) is 0 Å². The van der Waals surface area contributed by atoms with Crippen molar-refractivity contribution in [2.24, 2.45) is 0 Å². The molecule has 38 heavy (non-hydrogen) atoms. The number of piperazine rings is 1. The van der Waals surface area contributed by atoms with Gasteiger partial charge in [-0.2, -0.15) is 0 Å². The van der Waals surface area contributed by atoms with Gasteiger partial charge in [0.25, 0.3) is 5.56 Å². The maximum atomic E-state index is 13.5. The maximum Gasteiger partial charge on any atom is 0.253 e. The summed E-state index contributed by atoms with van der Waals surface area (Å²) in [6.45, 7) is 9.43. The number of pyridine rings is 1. The number of anilines is 1. The molecule has 3 heterocycles. The van der Waals surface area contributed by atoms with Crippen molar-refractivity contribution in [3.63, 3.8) is 0 Å². The lowest BCUT2D eigenvalue weighted by Gasteiger charge is -2.40. The van der Waals surface area contributed by atoms with E-state index in [-0.39, 0.29) is 11.1 Å². The fourth-order valence-corrected chi connectivity index (χ4v) is 5.01. The Morgan fingerprint density at radius 3 is 2.32 bits per heavy atom. The van der Waals surface area contributed by atoms with Gasteiger partial charge in [-0.25, -0.2) is 4.68 Å². The number of benzene rings is 2. The van der Waals surface area contributed by atoms with Gasteiger partial charge in [-0.05, 0) is 79.2 Å². The van der Waals surface area contributed by atoms with E-state index in [1.807, 2.05) is 41.1 Å². The molecule has 4 aromatic rings. The summed E-state index contributed by atoms with van der Waals surface area (Å²) in [5.41, 5.74) is 2.07. The van der Waals surface area contributed by atoms with Gasteiger partial charge < -0.3 is 19.4 Å². The molecule has 0 bridgehead atoms. The first-order valence-electron chi connectivity index (χ1n) is 13.0. The summed E-state index contributed by atoms with van der Waals surface area (Å²) < 4.78 is 12.6. The van der Waals surface area contributed by atoms with Crippen molar-refractivity contribution in [1.29, 1.82) is 0 Å². The minimum absolute atomic E-state index is 0.144. The number of fused-ring (bicyclic) bond motifs is 1. The van der Waals surface area contributed by atoms with Crippen LogP contribution in [0.3, 0.4) is 0 Å². The molecular weight excluding hydrogens is 482 g/mol. The lowest BCUT2D eigenvalue weighted by Crippen LogP contribution is -2.49. The first-order valence-corrected chi connectivity index (χ1v) is 13.0. The monoisotopic (exact) mass is 517 g/mol. The molecule has 10 heteroatoms. The quantitative estimate of drug-likeness (QED) is 0.378. The second-order valence-corrected chi connectivity index (χ2v) is 10.2. The smallest absolute Gasteiger partial charge is 0.253 e. The third kappa shape index (κ3) is 4.83. The summed E-state index contributed by atoms with van der Waals surface area (Å²) in [5.74, 6) is 2.24. The normalized spacial score (nSPS) is 15.6. The number of methoxy groups -OCH3 is 2. The molecule has 1 saturated heterocycles. The van der Waals surface area contributed by atoms with E-state index in [1.54, 1.807) is 14.2 Å². The van der Waals surface area contributed by atoms with Crippen molar-refractivity contribution >= 4 is 16.6 Å². The first kappa shape index (κ1) is 25.7. The number of H-pyrrole nitrogens is 1. The van der Waals surface area contributed by atoms with E-state index in [9.17, 15) is 4.79 Å². The molecule has 0 aliphatic carbocycles. The summed E-state index contributed by atoms with van der Waals surface area (Å²) >= 11 is 0. The molecular formula is C28H35N7O3.